The molecule has 0 aliphatic heterocycles. The molecule has 0 bridgehead atoms. The minimum absolute atomic E-state index is 0.489. The van der Waals surface area contributed by atoms with Crippen LogP contribution in [0.25, 0.3) is 22.5 Å². The lowest BCUT2D eigenvalue weighted by Crippen LogP contribution is -2.31. The zero-order chi connectivity index (χ0) is 31.3. The first-order valence-electron chi connectivity index (χ1n) is 15.1. The number of halogens is 1. The van der Waals surface area contributed by atoms with E-state index in [-0.39, 0.29) is 0 Å². The van der Waals surface area contributed by atoms with Crippen LogP contribution in [0.5, 0.6) is 0 Å². The molecule has 1 aromatic heterocycles. The van der Waals surface area contributed by atoms with Crippen LogP contribution in [0.4, 0.5) is 17.3 Å². The van der Waals surface area contributed by atoms with Gasteiger partial charge in [0.25, 0.3) is 0 Å². The van der Waals surface area contributed by atoms with Gasteiger partial charge in [0.05, 0.1) is 17.1 Å². The van der Waals surface area contributed by atoms with E-state index in [1.165, 1.54) is 0 Å². The summed E-state index contributed by atoms with van der Waals surface area (Å²) >= 11 is 3.64. The highest BCUT2D eigenvalue weighted by Gasteiger charge is 2.38. The Morgan fingerprint density at radius 1 is 0.500 bits per heavy atom. The monoisotopic (exact) mass is 659 g/mol. The Morgan fingerprint density at radius 2 is 1.00 bits per heavy atom. The second-order valence-electron chi connectivity index (χ2n) is 10.9. The molecule has 7 rings (SSSR count). The molecule has 0 aliphatic carbocycles. The third kappa shape index (κ3) is 5.74. The van der Waals surface area contributed by atoms with Gasteiger partial charge in [-0.25, -0.2) is 9.97 Å². The second-order valence-corrected chi connectivity index (χ2v) is 11.9. The fourth-order valence-electron chi connectivity index (χ4n) is 5.83. The van der Waals surface area contributed by atoms with Gasteiger partial charge in [-0.2, -0.15) is 0 Å². The lowest BCUT2D eigenvalue weighted by atomic mass is 9.79. The number of para-hydroxylation sites is 2. The molecule has 6 aromatic carbocycles. The molecule has 0 fully saturated rings. The number of anilines is 3. The highest BCUT2D eigenvalue weighted by atomic mass is 79.9. The molecule has 4 nitrogen and oxygen atoms in total. The zero-order valence-corrected chi connectivity index (χ0v) is 26.5. The van der Waals surface area contributed by atoms with Gasteiger partial charge in [0.1, 0.15) is 5.60 Å². The number of hydrogen-bond donors (Lipinski definition) is 1. The van der Waals surface area contributed by atoms with Crippen molar-refractivity contribution in [2.45, 2.75) is 5.60 Å². The van der Waals surface area contributed by atoms with Crippen molar-refractivity contribution >= 4 is 33.3 Å². The second kappa shape index (κ2) is 12.9. The number of aliphatic hydroxyl groups is 1. The first-order valence-corrected chi connectivity index (χ1v) is 15.9. The van der Waals surface area contributed by atoms with Crippen LogP contribution in [-0.2, 0) is 5.60 Å². The minimum atomic E-state index is -1.51. The van der Waals surface area contributed by atoms with E-state index < -0.39 is 5.60 Å². The molecule has 0 saturated heterocycles. The lowest BCUT2D eigenvalue weighted by Gasteiger charge is -2.35. The van der Waals surface area contributed by atoms with Gasteiger partial charge < -0.3 is 5.11 Å². The lowest BCUT2D eigenvalue weighted by molar-refractivity contribution is 0.126. The van der Waals surface area contributed by atoms with Crippen molar-refractivity contribution in [2.75, 3.05) is 4.90 Å². The van der Waals surface area contributed by atoms with Gasteiger partial charge >= 0.3 is 0 Å². The van der Waals surface area contributed by atoms with E-state index >= 15 is 0 Å². The summed E-state index contributed by atoms with van der Waals surface area (Å²) < 4.78 is 0.878. The summed E-state index contributed by atoms with van der Waals surface area (Å²) in [6, 6.07) is 58.0. The van der Waals surface area contributed by atoms with Gasteiger partial charge in [0.15, 0.2) is 0 Å². The van der Waals surface area contributed by atoms with Gasteiger partial charge in [-0.3, -0.25) is 4.90 Å². The summed E-state index contributed by atoms with van der Waals surface area (Å²) in [4.78, 5) is 12.4. The van der Waals surface area contributed by atoms with E-state index in [2.05, 4.69) is 40.2 Å². The smallest absolute Gasteiger partial charge is 0.235 e. The molecule has 1 N–H and O–H groups in total. The molecule has 0 saturated carbocycles. The fourth-order valence-corrected chi connectivity index (χ4v) is 6.23. The predicted octanol–water partition coefficient (Wildman–Crippen LogP) is 10.3. The third-order valence-electron chi connectivity index (χ3n) is 8.04. The quantitative estimate of drug-likeness (QED) is 0.165. The molecule has 1 unspecified atom stereocenters. The van der Waals surface area contributed by atoms with E-state index in [4.69, 9.17) is 9.97 Å². The average molecular weight is 661 g/mol. The SMILES string of the molecule is OC(c1ccccc1)(c1cccc(Br)c1)c1ccccc1N(c1ccccc1)c1nc(-c2ccccc2)cc(-c2ccccc2)n1. The first-order chi connectivity index (χ1) is 22.6. The van der Waals surface area contributed by atoms with Crippen LogP contribution in [0, 0.1) is 0 Å². The number of rotatable bonds is 8. The summed E-state index contributed by atoms with van der Waals surface area (Å²) in [5.74, 6) is 0.489. The van der Waals surface area contributed by atoms with E-state index in [1.807, 2.05) is 157 Å². The maximum absolute atomic E-state index is 13.1. The van der Waals surface area contributed by atoms with Gasteiger partial charge in [0, 0.05) is 26.9 Å². The molecule has 222 valence electrons. The minimum Gasteiger partial charge on any atom is -0.376 e. The van der Waals surface area contributed by atoms with Gasteiger partial charge in [0.2, 0.25) is 5.95 Å². The molecular weight excluding hydrogens is 630 g/mol. The maximum Gasteiger partial charge on any atom is 0.235 e. The fraction of sp³-hybridized carbons (Fsp3) is 0.0244. The molecular formula is C41H30BrN3O. The Balaban J connectivity index is 1.52. The first kappa shape index (κ1) is 29.4. The highest BCUT2D eigenvalue weighted by Crippen LogP contribution is 2.45. The summed E-state index contributed by atoms with van der Waals surface area (Å²) in [5.41, 5.74) is 5.86. The maximum atomic E-state index is 13.1. The molecule has 7 aromatic rings. The Kier molecular flexibility index (Phi) is 8.26. The topological polar surface area (TPSA) is 49.2 Å². The molecule has 5 heteroatoms. The Morgan fingerprint density at radius 3 is 1.59 bits per heavy atom. The third-order valence-corrected chi connectivity index (χ3v) is 8.53. The van der Waals surface area contributed by atoms with Crippen LogP contribution in [0.1, 0.15) is 16.7 Å². The number of hydrogen-bond acceptors (Lipinski definition) is 4. The summed E-state index contributed by atoms with van der Waals surface area (Å²) in [6.45, 7) is 0. The van der Waals surface area contributed by atoms with Crippen molar-refractivity contribution in [3.63, 3.8) is 0 Å². The molecule has 1 atom stereocenters. The molecule has 46 heavy (non-hydrogen) atoms. The van der Waals surface area contributed by atoms with Gasteiger partial charge in [-0.15, -0.1) is 0 Å². The van der Waals surface area contributed by atoms with Crippen molar-refractivity contribution in [1.29, 1.82) is 0 Å². The number of benzene rings is 6. The molecule has 1 heterocycles. The Hall–Kier alpha value is -5.36. The van der Waals surface area contributed by atoms with Crippen molar-refractivity contribution in [1.82, 2.24) is 9.97 Å². The van der Waals surface area contributed by atoms with E-state index in [1.54, 1.807) is 0 Å². The molecule has 0 spiro atoms. The van der Waals surface area contributed by atoms with Crippen LogP contribution in [0.3, 0.4) is 0 Å². The van der Waals surface area contributed by atoms with Crippen molar-refractivity contribution in [2.24, 2.45) is 0 Å². The molecule has 0 amide bonds. The molecule has 0 aliphatic rings. The van der Waals surface area contributed by atoms with E-state index in [0.717, 1.165) is 49.5 Å². The van der Waals surface area contributed by atoms with Crippen molar-refractivity contribution in [3.05, 3.63) is 197 Å². The van der Waals surface area contributed by atoms with E-state index in [0.29, 0.717) is 11.5 Å². The highest BCUT2D eigenvalue weighted by molar-refractivity contribution is 9.10. The summed E-state index contributed by atoms with van der Waals surface area (Å²) in [7, 11) is 0. The van der Waals surface area contributed by atoms with E-state index in [9.17, 15) is 5.11 Å². The van der Waals surface area contributed by atoms with Crippen LogP contribution in [-0.4, -0.2) is 15.1 Å². The average Bonchev–Trinajstić information content (AvgIpc) is 3.13. The largest absolute Gasteiger partial charge is 0.376 e. The van der Waals surface area contributed by atoms with Crippen molar-refractivity contribution in [3.8, 4) is 22.5 Å². The number of nitrogens with zero attached hydrogens (tertiary/aromatic N) is 3. The Labute approximate surface area is 277 Å². The molecule has 0 radical (unpaired) electrons. The van der Waals surface area contributed by atoms with Crippen LogP contribution >= 0.6 is 15.9 Å². The zero-order valence-electron chi connectivity index (χ0n) is 24.9. The van der Waals surface area contributed by atoms with Crippen molar-refractivity contribution < 1.29 is 5.11 Å². The van der Waals surface area contributed by atoms with Crippen LogP contribution in [0.2, 0.25) is 0 Å². The van der Waals surface area contributed by atoms with Crippen LogP contribution < -0.4 is 4.90 Å². The van der Waals surface area contributed by atoms with Crippen LogP contribution in [0.15, 0.2) is 180 Å². The standard InChI is InChI=1S/C41H30BrN3O/c42-34-23-15-22-33(28-34)41(46,32-20-9-3-10-21-32)36-26-13-14-27-39(36)45(35-24-11-4-12-25-35)40-43-37(30-16-5-1-6-17-30)29-38(44-40)31-18-7-2-8-19-31/h1-29,46H. The normalized spacial score (nSPS) is 12.3. The van der Waals surface area contributed by atoms with Gasteiger partial charge in [-0.1, -0.05) is 155 Å². The predicted molar refractivity (Wildman–Crippen MR) is 190 cm³/mol. The summed E-state index contributed by atoms with van der Waals surface area (Å²) in [5, 5.41) is 13.1. The number of aromatic nitrogens is 2. The summed E-state index contributed by atoms with van der Waals surface area (Å²) in [6.07, 6.45) is 0. The van der Waals surface area contributed by atoms with Gasteiger partial charge in [-0.05, 0) is 47.5 Å². The Bertz CT molecular complexity index is 2020.